The second kappa shape index (κ2) is 4.28. The summed E-state index contributed by atoms with van der Waals surface area (Å²) in [5, 5.41) is 3.18. The van der Waals surface area contributed by atoms with Gasteiger partial charge in [0.25, 0.3) is 0 Å². The van der Waals surface area contributed by atoms with Gasteiger partial charge in [-0.25, -0.2) is 4.99 Å². The van der Waals surface area contributed by atoms with Crippen molar-refractivity contribution in [2.75, 3.05) is 12.4 Å². The van der Waals surface area contributed by atoms with Gasteiger partial charge in [0, 0.05) is 18.4 Å². The summed E-state index contributed by atoms with van der Waals surface area (Å²) in [6.45, 7) is 0.573. The van der Waals surface area contributed by atoms with Gasteiger partial charge in [-0.15, -0.1) is 0 Å². The molecule has 4 heteroatoms. The standard InChI is InChI=1S/C14H19N3O/c1-18-9-10-4-2-3-5-11(10)16-13(15)17-12-8-14(12)6-7-14/h2-5,12H,6-9H2,1H3,(H3,15,16,17). The van der Waals surface area contributed by atoms with Crippen molar-refractivity contribution in [1.82, 2.24) is 0 Å². The predicted octanol–water partition coefficient (Wildman–Crippen LogP) is 2.11. The van der Waals surface area contributed by atoms with Gasteiger partial charge in [0.05, 0.1) is 12.6 Å². The lowest BCUT2D eigenvalue weighted by Gasteiger charge is -2.10. The van der Waals surface area contributed by atoms with Crippen LogP contribution in [-0.2, 0) is 11.3 Å². The summed E-state index contributed by atoms with van der Waals surface area (Å²) in [6.07, 6.45) is 3.87. The third-order valence-electron chi connectivity index (χ3n) is 3.91. The summed E-state index contributed by atoms with van der Waals surface area (Å²) in [7, 11) is 1.69. The number of guanidine groups is 1. The maximum Gasteiger partial charge on any atom is 0.193 e. The van der Waals surface area contributed by atoms with E-state index in [4.69, 9.17) is 10.5 Å². The minimum Gasteiger partial charge on any atom is -0.380 e. The summed E-state index contributed by atoms with van der Waals surface area (Å²) in [6, 6.07) is 8.45. The van der Waals surface area contributed by atoms with Crippen LogP contribution in [0.25, 0.3) is 0 Å². The molecule has 0 heterocycles. The van der Waals surface area contributed by atoms with Crippen molar-refractivity contribution in [2.45, 2.75) is 31.9 Å². The third-order valence-corrected chi connectivity index (χ3v) is 3.91. The number of methoxy groups -OCH3 is 1. The Bertz CT molecular complexity index is 480. The molecule has 2 fully saturated rings. The molecule has 2 aliphatic rings. The van der Waals surface area contributed by atoms with Crippen LogP contribution in [0.15, 0.2) is 29.3 Å². The molecule has 4 nitrogen and oxygen atoms in total. The van der Waals surface area contributed by atoms with E-state index in [1.807, 2.05) is 24.3 Å². The highest BCUT2D eigenvalue weighted by atomic mass is 16.5. The number of hydrogen-bond donors (Lipinski definition) is 2. The third kappa shape index (κ3) is 2.20. The fourth-order valence-corrected chi connectivity index (χ4v) is 2.47. The molecule has 3 rings (SSSR count). The van der Waals surface area contributed by atoms with Crippen LogP contribution in [0, 0.1) is 5.41 Å². The molecular weight excluding hydrogens is 226 g/mol. The van der Waals surface area contributed by atoms with Gasteiger partial charge in [-0.1, -0.05) is 18.2 Å². The lowest BCUT2D eigenvalue weighted by Crippen LogP contribution is -2.24. The van der Waals surface area contributed by atoms with E-state index < -0.39 is 0 Å². The number of benzene rings is 1. The van der Waals surface area contributed by atoms with E-state index in [-0.39, 0.29) is 0 Å². The molecule has 1 aromatic rings. The molecule has 18 heavy (non-hydrogen) atoms. The van der Waals surface area contributed by atoms with E-state index in [9.17, 15) is 0 Å². The number of ether oxygens (including phenoxy) is 1. The van der Waals surface area contributed by atoms with Gasteiger partial charge < -0.3 is 15.8 Å². The number of hydrogen-bond acceptors (Lipinski definition) is 2. The van der Waals surface area contributed by atoms with Gasteiger partial charge in [-0.05, 0) is 30.7 Å². The Hall–Kier alpha value is -1.55. The van der Waals surface area contributed by atoms with Crippen LogP contribution in [-0.4, -0.2) is 19.1 Å². The average Bonchev–Trinajstić information content (AvgIpc) is 3.24. The highest BCUT2D eigenvalue weighted by molar-refractivity contribution is 5.93. The monoisotopic (exact) mass is 245 g/mol. The van der Waals surface area contributed by atoms with E-state index in [0.717, 1.165) is 11.3 Å². The van der Waals surface area contributed by atoms with Crippen LogP contribution >= 0.6 is 0 Å². The molecule has 0 radical (unpaired) electrons. The van der Waals surface area contributed by atoms with Crippen molar-refractivity contribution < 1.29 is 4.74 Å². The summed E-state index contributed by atoms with van der Waals surface area (Å²) < 4.78 is 5.17. The predicted molar refractivity (Wildman–Crippen MR) is 72.5 cm³/mol. The van der Waals surface area contributed by atoms with Crippen LogP contribution in [0.3, 0.4) is 0 Å². The maximum absolute atomic E-state index is 5.96. The topological polar surface area (TPSA) is 59.6 Å². The largest absolute Gasteiger partial charge is 0.380 e. The van der Waals surface area contributed by atoms with Crippen molar-refractivity contribution in [3.63, 3.8) is 0 Å². The van der Waals surface area contributed by atoms with E-state index in [1.54, 1.807) is 7.11 Å². The molecule has 0 aromatic heterocycles. The Morgan fingerprint density at radius 2 is 2.28 bits per heavy atom. The second-order valence-electron chi connectivity index (χ2n) is 5.31. The first-order valence-electron chi connectivity index (χ1n) is 6.41. The average molecular weight is 245 g/mol. The summed E-state index contributed by atoms with van der Waals surface area (Å²) >= 11 is 0. The molecular formula is C14H19N3O. The van der Waals surface area contributed by atoms with Crippen molar-refractivity contribution in [2.24, 2.45) is 16.1 Å². The molecule has 1 atom stereocenters. The van der Waals surface area contributed by atoms with Gasteiger partial charge in [0.15, 0.2) is 5.96 Å². The first-order chi connectivity index (χ1) is 8.73. The maximum atomic E-state index is 5.96. The number of anilines is 1. The fraction of sp³-hybridized carbons (Fsp3) is 0.500. The van der Waals surface area contributed by atoms with E-state index in [0.29, 0.717) is 24.0 Å². The first kappa shape index (κ1) is 11.5. The Labute approximate surface area is 107 Å². The molecule has 1 spiro atoms. The number of nitrogens with zero attached hydrogens (tertiary/aromatic N) is 1. The quantitative estimate of drug-likeness (QED) is 0.631. The van der Waals surface area contributed by atoms with Crippen LogP contribution in [0.1, 0.15) is 24.8 Å². The van der Waals surface area contributed by atoms with Crippen LogP contribution in [0.4, 0.5) is 5.69 Å². The summed E-state index contributed by atoms with van der Waals surface area (Å²) in [5.41, 5.74) is 8.58. The molecule has 0 bridgehead atoms. The first-order valence-corrected chi connectivity index (χ1v) is 6.41. The van der Waals surface area contributed by atoms with Crippen LogP contribution < -0.4 is 11.1 Å². The van der Waals surface area contributed by atoms with Crippen molar-refractivity contribution in [3.8, 4) is 0 Å². The molecule has 0 aliphatic heterocycles. The zero-order valence-corrected chi connectivity index (χ0v) is 10.6. The van der Waals surface area contributed by atoms with Gasteiger partial charge in [-0.2, -0.15) is 0 Å². The fourth-order valence-electron chi connectivity index (χ4n) is 2.47. The molecule has 0 amide bonds. The Kier molecular flexibility index (Phi) is 2.74. The zero-order valence-electron chi connectivity index (χ0n) is 10.6. The highest BCUT2D eigenvalue weighted by Crippen LogP contribution is 2.67. The highest BCUT2D eigenvalue weighted by Gasteiger charge is 2.63. The van der Waals surface area contributed by atoms with Gasteiger partial charge in [-0.3, -0.25) is 0 Å². The van der Waals surface area contributed by atoms with Crippen LogP contribution in [0.5, 0.6) is 0 Å². The lowest BCUT2D eigenvalue weighted by atomic mass is 10.2. The number of para-hydroxylation sites is 1. The van der Waals surface area contributed by atoms with Gasteiger partial charge >= 0.3 is 0 Å². The van der Waals surface area contributed by atoms with E-state index >= 15 is 0 Å². The molecule has 1 aromatic carbocycles. The van der Waals surface area contributed by atoms with Crippen LogP contribution in [0.2, 0.25) is 0 Å². The number of nitrogens with two attached hydrogens (primary N) is 1. The molecule has 96 valence electrons. The second-order valence-corrected chi connectivity index (χ2v) is 5.31. The van der Waals surface area contributed by atoms with E-state index in [1.165, 1.54) is 19.3 Å². The van der Waals surface area contributed by atoms with E-state index in [2.05, 4.69) is 10.3 Å². The van der Waals surface area contributed by atoms with Crippen molar-refractivity contribution >= 4 is 11.6 Å². The zero-order chi connectivity index (χ0) is 12.6. The number of aliphatic imine (C=N–C) groups is 1. The molecule has 2 aliphatic carbocycles. The molecule has 2 saturated carbocycles. The number of nitrogens with one attached hydrogen (secondary N) is 1. The Balaban J connectivity index is 1.68. The van der Waals surface area contributed by atoms with Gasteiger partial charge in [0.1, 0.15) is 0 Å². The Morgan fingerprint density at radius 1 is 1.50 bits per heavy atom. The Morgan fingerprint density at radius 3 is 2.94 bits per heavy atom. The smallest absolute Gasteiger partial charge is 0.193 e. The minimum absolute atomic E-state index is 0.458. The minimum atomic E-state index is 0.458. The molecule has 0 saturated heterocycles. The molecule has 3 N–H and O–H groups in total. The summed E-state index contributed by atoms with van der Waals surface area (Å²) in [4.78, 5) is 4.54. The SMILES string of the molecule is COCc1ccccc1NC(N)=NC1CC12CC2. The molecule has 1 unspecified atom stereocenters. The number of rotatable bonds is 4. The van der Waals surface area contributed by atoms with Crippen molar-refractivity contribution in [1.29, 1.82) is 0 Å². The normalized spacial score (nSPS) is 24.1. The lowest BCUT2D eigenvalue weighted by molar-refractivity contribution is 0.185. The summed E-state index contributed by atoms with van der Waals surface area (Å²) in [5.74, 6) is 0.521. The van der Waals surface area contributed by atoms with Gasteiger partial charge in [0.2, 0.25) is 0 Å². The van der Waals surface area contributed by atoms with Crippen molar-refractivity contribution in [3.05, 3.63) is 29.8 Å².